The zero-order valence-corrected chi connectivity index (χ0v) is 17.9. The summed E-state index contributed by atoms with van der Waals surface area (Å²) in [5.41, 5.74) is 6.80. The van der Waals surface area contributed by atoms with Gasteiger partial charge in [-0.15, -0.1) is 0 Å². The predicted molar refractivity (Wildman–Crippen MR) is 119 cm³/mol. The van der Waals surface area contributed by atoms with Crippen LogP contribution in [0.3, 0.4) is 0 Å². The van der Waals surface area contributed by atoms with Gasteiger partial charge in [-0.05, 0) is 48.0 Å². The van der Waals surface area contributed by atoms with Crippen LogP contribution in [0.15, 0.2) is 66.7 Å². The molecule has 9 heteroatoms. The van der Waals surface area contributed by atoms with Gasteiger partial charge < -0.3 is 9.47 Å². The molecule has 2 heterocycles. The maximum atomic E-state index is 12.5. The number of amides is 4. The minimum Gasteiger partial charge on any atom is -0.486 e. The van der Waals surface area contributed by atoms with Gasteiger partial charge >= 0.3 is 0 Å². The van der Waals surface area contributed by atoms with Crippen molar-refractivity contribution in [2.24, 2.45) is 0 Å². The Morgan fingerprint density at radius 1 is 0.735 bits per heavy atom. The number of carbonyl (C=O) groups excluding carboxylic acids is 4. The summed E-state index contributed by atoms with van der Waals surface area (Å²) in [5.74, 6) is -0.675. The van der Waals surface area contributed by atoms with Crippen LogP contribution in [0.2, 0.25) is 0 Å². The fourth-order valence-electron chi connectivity index (χ4n) is 3.77. The molecular weight excluding hydrogens is 438 g/mol. The molecule has 3 aromatic carbocycles. The van der Waals surface area contributed by atoms with E-state index >= 15 is 0 Å². The zero-order valence-electron chi connectivity index (χ0n) is 17.9. The number of fused-ring (bicyclic) bond motifs is 2. The molecule has 2 aliphatic heterocycles. The van der Waals surface area contributed by atoms with Crippen LogP contribution in [0.4, 0.5) is 0 Å². The number of imide groups is 1. The van der Waals surface area contributed by atoms with Crippen molar-refractivity contribution in [2.45, 2.75) is 6.54 Å². The average Bonchev–Trinajstić information content (AvgIpc) is 3.12. The summed E-state index contributed by atoms with van der Waals surface area (Å²) in [6, 6.07) is 17.9. The molecule has 0 fully saturated rings. The van der Waals surface area contributed by atoms with Crippen molar-refractivity contribution in [3.05, 3.63) is 94.5 Å². The third-order valence-corrected chi connectivity index (χ3v) is 5.53. The highest BCUT2D eigenvalue weighted by Crippen LogP contribution is 2.30. The van der Waals surface area contributed by atoms with E-state index in [2.05, 4.69) is 10.9 Å². The van der Waals surface area contributed by atoms with Gasteiger partial charge in [-0.1, -0.05) is 24.3 Å². The van der Waals surface area contributed by atoms with E-state index in [1.807, 2.05) is 0 Å². The van der Waals surface area contributed by atoms with Gasteiger partial charge in [0, 0.05) is 11.1 Å². The van der Waals surface area contributed by atoms with Crippen LogP contribution in [-0.2, 0) is 6.54 Å². The third-order valence-electron chi connectivity index (χ3n) is 5.53. The second kappa shape index (κ2) is 8.70. The predicted octanol–water partition coefficient (Wildman–Crippen LogP) is 2.33. The maximum absolute atomic E-state index is 12.5. The molecule has 0 atom stereocenters. The van der Waals surface area contributed by atoms with E-state index in [9.17, 15) is 19.2 Å². The van der Waals surface area contributed by atoms with E-state index in [-0.39, 0.29) is 18.4 Å². The number of benzene rings is 3. The molecule has 0 bridgehead atoms. The molecule has 0 aliphatic carbocycles. The lowest BCUT2D eigenvalue weighted by atomic mass is 10.1. The minimum absolute atomic E-state index is 0.0924. The summed E-state index contributed by atoms with van der Waals surface area (Å²) in [4.78, 5) is 51.0. The van der Waals surface area contributed by atoms with Gasteiger partial charge in [0.25, 0.3) is 23.6 Å². The lowest BCUT2D eigenvalue weighted by molar-refractivity contribution is 0.0641. The summed E-state index contributed by atoms with van der Waals surface area (Å²) < 4.78 is 10.9. The molecule has 2 N–H and O–H groups in total. The first-order valence-corrected chi connectivity index (χ1v) is 10.6. The minimum atomic E-state index is -0.516. The molecule has 0 saturated carbocycles. The van der Waals surface area contributed by atoms with Crippen molar-refractivity contribution in [1.29, 1.82) is 0 Å². The second-order valence-electron chi connectivity index (χ2n) is 7.71. The van der Waals surface area contributed by atoms with Crippen molar-refractivity contribution in [3.8, 4) is 11.5 Å². The number of hydrazine groups is 1. The largest absolute Gasteiger partial charge is 0.486 e. The molecule has 4 amide bonds. The van der Waals surface area contributed by atoms with Gasteiger partial charge in [-0.3, -0.25) is 34.9 Å². The number of hydrogen-bond acceptors (Lipinski definition) is 6. The quantitative estimate of drug-likeness (QED) is 0.459. The third kappa shape index (κ3) is 3.95. The molecular formula is C25H19N3O6. The number of rotatable bonds is 4. The van der Waals surface area contributed by atoms with Crippen LogP contribution in [-0.4, -0.2) is 41.7 Å². The number of ether oxygens (including phenoxy) is 2. The monoisotopic (exact) mass is 457 g/mol. The lowest BCUT2D eigenvalue weighted by Crippen LogP contribution is -2.41. The van der Waals surface area contributed by atoms with Crippen molar-refractivity contribution < 1.29 is 28.7 Å². The van der Waals surface area contributed by atoms with Crippen LogP contribution < -0.4 is 20.3 Å². The summed E-state index contributed by atoms with van der Waals surface area (Å²) in [6.07, 6.45) is 0. The van der Waals surface area contributed by atoms with E-state index in [0.29, 0.717) is 52.5 Å². The summed E-state index contributed by atoms with van der Waals surface area (Å²) in [6.45, 7) is 0.943. The molecule has 5 rings (SSSR count). The maximum Gasteiger partial charge on any atom is 0.269 e. The van der Waals surface area contributed by atoms with Gasteiger partial charge in [0.05, 0.1) is 17.7 Å². The topological polar surface area (TPSA) is 114 Å². The van der Waals surface area contributed by atoms with Gasteiger partial charge in [0.1, 0.15) is 13.2 Å². The van der Waals surface area contributed by atoms with Crippen LogP contribution in [0.5, 0.6) is 11.5 Å². The van der Waals surface area contributed by atoms with Gasteiger partial charge in [0.2, 0.25) is 0 Å². The molecule has 0 unspecified atom stereocenters. The SMILES string of the molecule is O=C(NNC(=O)c1ccc2c(c1)OCCO2)c1ccc(CN2C(=O)c3ccccc3C2=O)cc1. The van der Waals surface area contributed by atoms with E-state index < -0.39 is 11.8 Å². The highest BCUT2D eigenvalue weighted by Gasteiger charge is 2.34. The highest BCUT2D eigenvalue weighted by molar-refractivity contribution is 6.21. The van der Waals surface area contributed by atoms with Crippen LogP contribution >= 0.6 is 0 Å². The average molecular weight is 457 g/mol. The van der Waals surface area contributed by atoms with Crippen LogP contribution in [0.25, 0.3) is 0 Å². The standard InChI is InChI=1S/C25H19N3O6/c29-22(26-27-23(30)17-9-10-20-21(13-17)34-12-11-33-20)16-7-5-15(6-8-16)14-28-24(31)18-3-1-2-4-19(18)25(28)32/h1-10,13H,11-12,14H2,(H,26,29)(H,27,30). The number of carbonyl (C=O) groups is 4. The number of nitrogens with one attached hydrogen (secondary N) is 2. The zero-order chi connectivity index (χ0) is 23.7. The second-order valence-corrected chi connectivity index (χ2v) is 7.71. The van der Waals surface area contributed by atoms with E-state index in [0.717, 1.165) is 0 Å². The van der Waals surface area contributed by atoms with Crippen molar-refractivity contribution in [2.75, 3.05) is 13.2 Å². The fraction of sp³-hybridized carbons (Fsp3) is 0.120. The molecule has 34 heavy (non-hydrogen) atoms. The molecule has 9 nitrogen and oxygen atoms in total. The Hall–Kier alpha value is -4.66. The van der Waals surface area contributed by atoms with Crippen molar-refractivity contribution in [3.63, 3.8) is 0 Å². The van der Waals surface area contributed by atoms with Gasteiger partial charge in [-0.25, -0.2) is 0 Å². The first kappa shape index (κ1) is 21.2. The molecule has 0 spiro atoms. The van der Waals surface area contributed by atoms with E-state index in [1.165, 1.54) is 4.90 Å². The lowest BCUT2D eigenvalue weighted by Gasteiger charge is -2.18. The molecule has 0 aromatic heterocycles. The van der Waals surface area contributed by atoms with E-state index in [1.54, 1.807) is 66.7 Å². The molecule has 2 aliphatic rings. The molecule has 3 aromatic rings. The Morgan fingerprint density at radius 3 is 1.94 bits per heavy atom. The summed E-state index contributed by atoms with van der Waals surface area (Å²) in [7, 11) is 0. The van der Waals surface area contributed by atoms with Gasteiger partial charge in [0.15, 0.2) is 11.5 Å². The van der Waals surface area contributed by atoms with Crippen molar-refractivity contribution >= 4 is 23.6 Å². The fourth-order valence-corrected chi connectivity index (χ4v) is 3.77. The molecule has 170 valence electrons. The summed E-state index contributed by atoms with van der Waals surface area (Å²) >= 11 is 0. The van der Waals surface area contributed by atoms with Crippen LogP contribution in [0.1, 0.15) is 47.0 Å². The first-order chi connectivity index (χ1) is 16.5. The van der Waals surface area contributed by atoms with Crippen LogP contribution in [0, 0.1) is 0 Å². The number of nitrogens with zero attached hydrogens (tertiary/aromatic N) is 1. The van der Waals surface area contributed by atoms with E-state index in [4.69, 9.17) is 9.47 Å². The Morgan fingerprint density at radius 2 is 1.29 bits per heavy atom. The van der Waals surface area contributed by atoms with Crippen molar-refractivity contribution in [1.82, 2.24) is 15.8 Å². The smallest absolute Gasteiger partial charge is 0.269 e. The Balaban J connectivity index is 1.19. The Bertz CT molecular complexity index is 1280. The Labute approximate surface area is 194 Å². The first-order valence-electron chi connectivity index (χ1n) is 10.6. The Kier molecular flexibility index (Phi) is 5.43. The normalized spacial score (nSPS) is 13.9. The molecule has 0 radical (unpaired) electrons. The molecule has 0 saturated heterocycles. The highest BCUT2D eigenvalue weighted by atomic mass is 16.6. The number of hydrogen-bond donors (Lipinski definition) is 2. The summed E-state index contributed by atoms with van der Waals surface area (Å²) in [5, 5.41) is 0. The van der Waals surface area contributed by atoms with Gasteiger partial charge in [-0.2, -0.15) is 0 Å².